The largest absolute Gasteiger partial charge is 0.345 e. The van der Waals surface area contributed by atoms with Gasteiger partial charge in [-0.05, 0) is 48.0 Å². The van der Waals surface area contributed by atoms with E-state index < -0.39 is 0 Å². The number of hydrogen-bond acceptors (Lipinski definition) is 4. The second kappa shape index (κ2) is 7.91. The first-order chi connectivity index (χ1) is 15.2. The van der Waals surface area contributed by atoms with Crippen LogP contribution in [0, 0.1) is 0 Å². The van der Waals surface area contributed by atoms with Crippen molar-refractivity contribution in [2.75, 3.05) is 10.2 Å². The molecule has 0 bridgehead atoms. The van der Waals surface area contributed by atoms with Crippen molar-refractivity contribution in [1.29, 1.82) is 0 Å². The highest BCUT2D eigenvalue weighted by molar-refractivity contribution is 6.06. The van der Waals surface area contributed by atoms with Crippen LogP contribution in [0.25, 0.3) is 0 Å². The first kappa shape index (κ1) is 18.8. The van der Waals surface area contributed by atoms with E-state index in [4.69, 9.17) is 0 Å². The maximum atomic E-state index is 13.4. The van der Waals surface area contributed by atoms with E-state index in [0.717, 1.165) is 23.5 Å². The molecule has 2 amide bonds. The number of benzene rings is 2. The van der Waals surface area contributed by atoms with Gasteiger partial charge in [-0.2, -0.15) is 5.10 Å². The number of amides is 2. The van der Waals surface area contributed by atoms with Gasteiger partial charge in [0.15, 0.2) is 0 Å². The molecule has 31 heavy (non-hydrogen) atoms. The molecule has 1 aliphatic rings. The molecule has 0 saturated carbocycles. The minimum absolute atomic E-state index is 0.0743. The van der Waals surface area contributed by atoms with Crippen LogP contribution in [0.5, 0.6) is 0 Å². The predicted octanol–water partition coefficient (Wildman–Crippen LogP) is 2.93. The zero-order valence-corrected chi connectivity index (χ0v) is 16.7. The Morgan fingerprint density at radius 1 is 0.968 bits per heavy atom. The fourth-order valence-corrected chi connectivity index (χ4v) is 3.78. The average Bonchev–Trinajstić information content (AvgIpc) is 3.42. The van der Waals surface area contributed by atoms with Crippen LogP contribution >= 0.6 is 0 Å². The van der Waals surface area contributed by atoms with Crippen molar-refractivity contribution in [3.63, 3.8) is 0 Å². The van der Waals surface area contributed by atoms with Crippen LogP contribution < -0.4 is 10.2 Å². The summed E-state index contributed by atoms with van der Waals surface area (Å²) in [5.41, 5.74) is 4.28. The number of nitrogens with zero attached hydrogens (tertiary/aromatic N) is 5. The third-order valence-electron chi connectivity index (χ3n) is 5.30. The topological polar surface area (TPSA) is 85.0 Å². The monoisotopic (exact) mass is 412 g/mol. The Labute approximate surface area is 178 Å². The summed E-state index contributed by atoms with van der Waals surface area (Å²) in [6.45, 7) is 1.31. The lowest BCUT2D eigenvalue weighted by atomic mass is 10.1. The summed E-state index contributed by atoms with van der Waals surface area (Å²) in [5, 5.41) is 6.72. The molecular weight excluding hydrogens is 392 g/mol. The maximum Gasteiger partial charge on any atom is 0.258 e. The minimum atomic E-state index is -0.216. The second-order valence-electron chi connectivity index (χ2n) is 7.37. The second-order valence-corrected chi connectivity index (χ2v) is 7.37. The van der Waals surface area contributed by atoms with Crippen LogP contribution in [-0.2, 0) is 24.4 Å². The summed E-state index contributed by atoms with van der Waals surface area (Å²) < 4.78 is 3.61. The Kier molecular flexibility index (Phi) is 4.80. The van der Waals surface area contributed by atoms with Crippen molar-refractivity contribution in [2.24, 2.45) is 0 Å². The standard InChI is InChI=1S/C23H20N6O2/c30-22(14-28-16-24-15-25-28)26-19-9-7-17(8-10-19)23(31)29-13-20-5-3-11-27(20)12-18-4-1-2-6-21(18)29/h1-11,15-16H,12-14H2,(H,26,30). The van der Waals surface area contributed by atoms with Crippen LogP contribution in [0.4, 0.5) is 11.4 Å². The molecule has 0 saturated heterocycles. The lowest BCUT2D eigenvalue weighted by Gasteiger charge is -2.23. The average molecular weight is 412 g/mol. The summed E-state index contributed by atoms with van der Waals surface area (Å²) in [6.07, 6.45) is 4.90. The lowest BCUT2D eigenvalue weighted by Crippen LogP contribution is -2.30. The van der Waals surface area contributed by atoms with Gasteiger partial charge in [-0.3, -0.25) is 9.59 Å². The number of anilines is 2. The minimum Gasteiger partial charge on any atom is -0.345 e. The lowest BCUT2D eigenvalue weighted by molar-refractivity contribution is -0.116. The molecule has 3 heterocycles. The van der Waals surface area contributed by atoms with Gasteiger partial charge in [-0.25, -0.2) is 9.67 Å². The third-order valence-corrected chi connectivity index (χ3v) is 5.30. The number of fused-ring (bicyclic) bond motifs is 2. The van der Waals surface area contributed by atoms with Gasteiger partial charge in [-0.1, -0.05) is 18.2 Å². The van der Waals surface area contributed by atoms with Crippen molar-refractivity contribution in [2.45, 2.75) is 19.6 Å². The summed E-state index contributed by atoms with van der Waals surface area (Å²) in [7, 11) is 0. The summed E-state index contributed by atoms with van der Waals surface area (Å²) in [6, 6.07) is 19.0. The quantitative estimate of drug-likeness (QED) is 0.559. The van der Waals surface area contributed by atoms with Crippen molar-refractivity contribution in [1.82, 2.24) is 19.3 Å². The SMILES string of the molecule is O=C(Cn1cncn1)Nc1ccc(C(=O)N2Cc3cccn3Cc3ccccc32)cc1. The Morgan fingerprint density at radius 3 is 2.61 bits per heavy atom. The molecule has 154 valence electrons. The van der Waals surface area contributed by atoms with Gasteiger partial charge in [0.05, 0.1) is 6.54 Å². The molecule has 2 aromatic heterocycles. The van der Waals surface area contributed by atoms with Crippen molar-refractivity contribution in [3.05, 3.63) is 96.3 Å². The van der Waals surface area contributed by atoms with E-state index in [1.54, 1.807) is 24.3 Å². The molecule has 0 unspecified atom stereocenters. The zero-order chi connectivity index (χ0) is 21.2. The summed E-state index contributed by atoms with van der Waals surface area (Å²) in [4.78, 5) is 31.2. The van der Waals surface area contributed by atoms with Crippen molar-refractivity contribution in [3.8, 4) is 0 Å². The molecule has 0 fully saturated rings. The molecule has 0 spiro atoms. The molecule has 0 atom stereocenters. The number of aromatic nitrogens is 4. The van der Waals surface area contributed by atoms with Gasteiger partial charge < -0.3 is 14.8 Å². The molecule has 1 aliphatic heterocycles. The molecule has 8 nitrogen and oxygen atoms in total. The van der Waals surface area contributed by atoms with Crippen LogP contribution in [0.3, 0.4) is 0 Å². The van der Waals surface area contributed by atoms with Crippen LogP contribution in [-0.4, -0.2) is 31.1 Å². The molecule has 0 radical (unpaired) electrons. The number of rotatable bonds is 4. The molecule has 5 rings (SSSR count). The number of hydrogen-bond donors (Lipinski definition) is 1. The highest BCUT2D eigenvalue weighted by atomic mass is 16.2. The normalized spacial score (nSPS) is 12.6. The first-order valence-electron chi connectivity index (χ1n) is 9.93. The highest BCUT2D eigenvalue weighted by Gasteiger charge is 2.24. The number of carbonyl (C=O) groups excluding carboxylic acids is 2. The molecular formula is C23H20N6O2. The molecule has 8 heteroatoms. The van der Waals surface area contributed by atoms with E-state index in [9.17, 15) is 9.59 Å². The van der Waals surface area contributed by atoms with Gasteiger partial charge >= 0.3 is 0 Å². The Morgan fingerprint density at radius 2 is 1.81 bits per heavy atom. The predicted molar refractivity (Wildman–Crippen MR) is 116 cm³/mol. The van der Waals surface area contributed by atoms with Crippen LogP contribution in [0.1, 0.15) is 21.6 Å². The zero-order valence-electron chi connectivity index (χ0n) is 16.7. The smallest absolute Gasteiger partial charge is 0.258 e. The van der Waals surface area contributed by atoms with Gasteiger partial charge in [0.25, 0.3) is 5.91 Å². The van der Waals surface area contributed by atoms with Gasteiger partial charge in [0.1, 0.15) is 19.2 Å². The number of nitrogens with one attached hydrogen (secondary N) is 1. The highest BCUT2D eigenvalue weighted by Crippen LogP contribution is 2.29. The van der Waals surface area contributed by atoms with Crippen molar-refractivity contribution < 1.29 is 9.59 Å². The van der Waals surface area contributed by atoms with E-state index in [-0.39, 0.29) is 18.4 Å². The molecule has 4 aromatic rings. The van der Waals surface area contributed by atoms with Crippen LogP contribution in [0.2, 0.25) is 0 Å². The van der Waals surface area contributed by atoms with Gasteiger partial charge in [0.2, 0.25) is 5.91 Å². The fourth-order valence-electron chi connectivity index (χ4n) is 3.78. The van der Waals surface area contributed by atoms with E-state index >= 15 is 0 Å². The summed E-state index contributed by atoms with van der Waals surface area (Å²) >= 11 is 0. The fraction of sp³-hybridized carbons (Fsp3) is 0.130. The number of carbonyl (C=O) groups is 2. The molecule has 1 N–H and O–H groups in total. The van der Waals surface area contributed by atoms with E-state index in [1.165, 1.54) is 17.3 Å². The Hall–Kier alpha value is -4.20. The van der Waals surface area contributed by atoms with E-state index in [0.29, 0.717) is 17.8 Å². The van der Waals surface area contributed by atoms with Gasteiger partial charge in [-0.15, -0.1) is 0 Å². The van der Waals surface area contributed by atoms with E-state index in [2.05, 4.69) is 26.0 Å². The maximum absolute atomic E-state index is 13.4. The van der Waals surface area contributed by atoms with Crippen LogP contribution in [0.15, 0.2) is 79.5 Å². The van der Waals surface area contributed by atoms with E-state index in [1.807, 2.05) is 41.4 Å². The first-order valence-corrected chi connectivity index (χ1v) is 9.93. The molecule has 0 aliphatic carbocycles. The number of para-hydroxylation sites is 1. The van der Waals surface area contributed by atoms with Crippen molar-refractivity contribution >= 4 is 23.2 Å². The summed E-state index contributed by atoms with van der Waals surface area (Å²) in [5.74, 6) is -0.297. The molecule has 2 aromatic carbocycles. The Balaban J connectivity index is 1.35. The Bertz CT molecular complexity index is 1230. The third kappa shape index (κ3) is 3.83. The van der Waals surface area contributed by atoms with Gasteiger partial charge in [0, 0.05) is 35.4 Å².